The third-order valence-corrected chi connectivity index (χ3v) is 4.09. The van der Waals surface area contributed by atoms with Crippen molar-refractivity contribution in [1.82, 2.24) is 15.4 Å². The summed E-state index contributed by atoms with van der Waals surface area (Å²) in [5, 5.41) is 12.0. The number of nitrogens with zero attached hydrogens (tertiary/aromatic N) is 3. The van der Waals surface area contributed by atoms with E-state index in [9.17, 15) is 4.79 Å². The van der Waals surface area contributed by atoms with Crippen LogP contribution in [0.25, 0.3) is 11.6 Å². The first-order valence-electron chi connectivity index (χ1n) is 7.03. The number of thioether (sulfide) groups is 1. The van der Waals surface area contributed by atoms with Gasteiger partial charge in [-0.1, -0.05) is 34.6 Å². The van der Waals surface area contributed by atoms with Crippen LogP contribution in [0.5, 0.6) is 0 Å². The molecule has 1 aromatic carbocycles. The van der Waals surface area contributed by atoms with Crippen LogP contribution in [-0.4, -0.2) is 26.9 Å². The zero-order valence-corrected chi connectivity index (χ0v) is 13.8. The highest BCUT2D eigenvalue weighted by molar-refractivity contribution is 7.99. The summed E-state index contributed by atoms with van der Waals surface area (Å²) in [4.78, 5) is 12.3. The average Bonchev–Trinajstić information content (AvgIpc) is 3.16. The van der Waals surface area contributed by atoms with Crippen LogP contribution in [-0.2, 0) is 0 Å². The number of hydrogen-bond acceptors (Lipinski definition) is 7. The SMILES string of the molecule is Cc1ccc(C)c(C(=O)CSc2nnc(-c3cc(C)on3)o2)c1. The lowest BCUT2D eigenvalue weighted by Gasteiger charge is -2.04. The second kappa shape index (κ2) is 6.37. The van der Waals surface area contributed by atoms with Gasteiger partial charge < -0.3 is 8.94 Å². The molecule has 7 heteroatoms. The summed E-state index contributed by atoms with van der Waals surface area (Å²) in [6.07, 6.45) is 0. The highest BCUT2D eigenvalue weighted by Gasteiger charge is 2.15. The molecule has 0 radical (unpaired) electrons. The minimum atomic E-state index is 0.0354. The number of benzene rings is 1. The Morgan fingerprint density at radius 1 is 1.17 bits per heavy atom. The number of ketones is 1. The van der Waals surface area contributed by atoms with Crippen molar-refractivity contribution in [3.05, 3.63) is 46.7 Å². The monoisotopic (exact) mass is 329 g/mol. The lowest BCUT2D eigenvalue weighted by molar-refractivity contribution is 0.102. The Bertz CT molecular complexity index is 854. The fourth-order valence-electron chi connectivity index (χ4n) is 2.08. The molecule has 3 rings (SSSR count). The number of rotatable bonds is 5. The Hall–Kier alpha value is -2.41. The first kappa shape index (κ1) is 15.5. The van der Waals surface area contributed by atoms with E-state index in [1.807, 2.05) is 32.0 Å². The van der Waals surface area contributed by atoms with Crippen molar-refractivity contribution >= 4 is 17.5 Å². The van der Waals surface area contributed by atoms with Gasteiger partial charge in [-0.15, -0.1) is 10.2 Å². The molecule has 2 heterocycles. The van der Waals surface area contributed by atoms with Crippen LogP contribution in [0.4, 0.5) is 0 Å². The molecule has 0 unspecified atom stereocenters. The van der Waals surface area contributed by atoms with Crippen molar-refractivity contribution in [1.29, 1.82) is 0 Å². The topological polar surface area (TPSA) is 82.0 Å². The van der Waals surface area contributed by atoms with Crippen molar-refractivity contribution < 1.29 is 13.7 Å². The molecule has 2 aromatic heterocycles. The minimum absolute atomic E-state index is 0.0354. The van der Waals surface area contributed by atoms with E-state index in [4.69, 9.17) is 8.94 Å². The average molecular weight is 329 g/mol. The fraction of sp³-hybridized carbons (Fsp3) is 0.250. The lowest BCUT2D eigenvalue weighted by Crippen LogP contribution is -2.05. The number of aryl methyl sites for hydroxylation is 3. The molecule has 118 valence electrons. The van der Waals surface area contributed by atoms with Gasteiger partial charge in [0.15, 0.2) is 11.5 Å². The molecule has 0 bridgehead atoms. The van der Waals surface area contributed by atoms with Gasteiger partial charge >= 0.3 is 0 Å². The van der Waals surface area contributed by atoms with E-state index < -0.39 is 0 Å². The van der Waals surface area contributed by atoms with E-state index in [1.54, 1.807) is 13.0 Å². The summed E-state index contributed by atoms with van der Waals surface area (Å²) >= 11 is 1.21. The summed E-state index contributed by atoms with van der Waals surface area (Å²) in [7, 11) is 0. The van der Waals surface area contributed by atoms with Gasteiger partial charge in [0.2, 0.25) is 0 Å². The number of Topliss-reactive ketones (excluding diaryl/α,β-unsaturated/α-hetero) is 1. The maximum Gasteiger partial charge on any atom is 0.277 e. The van der Waals surface area contributed by atoms with Gasteiger partial charge in [0, 0.05) is 11.6 Å². The van der Waals surface area contributed by atoms with Crippen LogP contribution in [0.3, 0.4) is 0 Å². The van der Waals surface area contributed by atoms with Gasteiger partial charge in [0.05, 0.1) is 5.75 Å². The van der Waals surface area contributed by atoms with Crippen molar-refractivity contribution in [2.24, 2.45) is 0 Å². The number of aromatic nitrogens is 3. The van der Waals surface area contributed by atoms with Gasteiger partial charge in [-0.05, 0) is 32.4 Å². The molecular formula is C16H15N3O3S. The van der Waals surface area contributed by atoms with Crippen LogP contribution < -0.4 is 0 Å². The van der Waals surface area contributed by atoms with Crippen molar-refractivity contribution in [2.45, 2.75) is 26.0 Å². The molecule has 0 saturated carbocycles. The summed E-state index contributed by atoms with van der Waals surface area (Å²) < 4.78 is 10.5. The van der Waals surface area contributed by atoms with E-state index in [1.165, 1.54) is 11.8 Å². The maximum absolute atomic E-state index is 12.3. The normalized spacial score (nSPS) is 10.9. The van der Waals surface area contributed by atoms with Crippen molar-refractivity contribution in [3.8, 4) is 11.6 Å². The van der Waals surface area contributed by atoms with Crippen LogP contribution in [0.2, 0.25) is 0 Å². The maximum atomic E-state index is 12.3. The van der Waals surface area contributed by atoms with Gasteiger partial charge in [0.25, 0.3) is 11.1 Å². The Labute approximate surface area is 137 Å². The second-order valence-corrected chi connectivity index (χ2v) is 6.15. The van der Waals surface area contributed by atoms with E-state index in [2.05, 4.69) is 15.4 Å². The molecular weight excluding hydrogens is 314 g/mol. The Morgan fingerprint density at radius 2 is 2.00 bits per heavy atom. The molecule has 0 amide bonds. The first-order valence-corrected chi connectivity index (χ1v) is 8.02. The first-order chi connectivity index (χ1) is 11.0. The summed E-state index contributed by atoms with van der Waals surface area (Å²) in [6, 6.07) is 7.55. The largest absolute Gasteiger partial charge is 0.409 e. The molecule has 0 atom stereocenters. The smallest absolute Gasteiger partial charge is 0.277 e. The molecule has 0 aliphatic carbocycles. The molecule has 0 aliphatic rings. The molecule has 3 aromatic rings. The Morgan fingerprint density at radius 3 is 2.74 bits per heavy atom. The summed E-state index contributed by atoms with van der Waals surface area (Å²) in [6.45, 7) is 5.67. The predicted molar refractivity (Wildman–Crippen MR) is 85.5 cm³/mol. The fourth-order valence-corrected chi connectivity index (χ4v) is 2.73. The van der Waals surface area contributed by atoms with E-state index in [0.717, 1.165) is 16.7 Å². The number of hydrogen-bond donors (Lipinski definition) is 0. The molecule has 0 aliphatic heterocycles. The Balaban J connectivity index is 1.68. The van der Waals surface area contributed by atoms with E-state index >= 15 is 0 Å². The zero-order valence-electron chi connectivity index (χ0n) is 13.0. The zero-order chi connectivity index (χ0) is 16.4. The molecule has 0 N–H and O–H groups in total. The van der Waals surface area contributed by atoms with Gasteiger partial charge in [-0.2, -0.15) is 0 Å². The van der Waals surface area contributed by atoms with Crippen LogP contribution in [0, 0.1) is 20.8 Å². The van der Waals surface area contributed by atoms with Crippen LogP contribution >= 0.6 is 11.8 Å². The standard InChI is InChI=1S/C16H15N3O3S/c1-9-4-5-10(2)12(6-9)14(20)8-23-16-18-17-15(21-16)13-7-11(3)22-19-13/h4-7H,8H2,1-3H3. The summed E-state index contributed by atoms with van der Waals surface area (Å²) in [5.41, 5.74) is 3.24. The highest BCUT2D eigenvalue weighted by Crippen LogP contribution is 2.24. The quantitative estimate of drug-likeness (QED) is 0.522. The number of carbonyl (C=O) groups excluding carboxylic acids is 1. The van der Waals surface area contributed by atoms with Crippen molar-refractivity contribution in [3.63, 3.8) is 0 Å². The van der Waals surface area contributed by atoms with Gasteiger partial charge in [-0.25, -0.2) is 0 Å². The summed E-state index contributed by atoms with van der Waals surface area (Å²) in [5.74, 6) is 1.22. The second-order valence-electron chi connectivity index (χ2n) is 5.23. The minimum Gasteiger partial charge on any atom is -0.409 e. The molecule has 0 saturated heterocycles. The highest BCUT2D eigenvalue weighted by atomic mass is 32.2. The molecule has 23 heavy (non-hydrogen) atoms. The van der Waals surface area contributed by atoms with Crippen LogP contribution in [0.15, 0.2) is 38.4 Å². The molecule has 0 fully saturated rings. The van der Waals surface area contributed by atoms with Crippen LogP contribution in [0.1, 0.15) is 27.2 Å². The third-order valence-electron chi connectivity index (χ3n) is 3.27. The molecule has 6 nitrogen and oxygen atoms in total. The predicted octanol–water partition coefficient (Wildman–Crippen LogP) is 3.62. The van der Waals surface area contributed by atoms with E-state index in [-0.39, 0.29) is 17.4 Å². The van der Waals surface area contributed by atoms with Crippen molar-refractivity contribution in [2.75, 3.05) is 5.75 Å². The van der Waals surface area contributed by atoms with Gasteiger partial charge in [-0.3, -0.25) is 4.79 Å². The molecule has 0 spiro atoms. The lowest BCUT2D eigenvalue weighted by atomic mass is 10.0. The third kappa shape index (κ3) is 3.50. The Kier molecular flexibility index (Phi) is 4.29. The van der Waals surface area contributed by atoms with E-state index in [0.29, 0.717) is 16.7 Å². The van der Waals surface area contributed by atoms with Gasteiger partial charge in [0.1, 0.15) is 5.76 Å². The number of carbonyl (C=O) groups is 1.